The lowest BCUT2D eigenvalue weighted by atomic mass is 9.99. The highest BCUT2D eigenvalue weighted by Crippen LogP contribution is 2.40. The SMILES string of the molecule is Cc1sc2c(c1C)C(c1ccc(Cl)cc1F)=N[C@H](CC(=O)OC(C)(C)C)c1nnc(C)n1-2. The number of rotatable bonds is 3. The number of fused-ring (bicyclic) bond motifs is 3. The molecule has 0 aliphatic carbocycles. The summed E-state index contributed by atoms with van der Waals surface area (Å²) in [6, 6.07) is 3.84. The summed E-state index contributed by atoms with van der Waals surface area (Å²) in [5, 5.41) is 9.74. The molecule has 3 aromatic rings. The number of nitrogens with zero attached hydrogens (tertiary/aromatic N) is 4. The molecule has 1 aliphatic heterocycles. The normalized spacial score (nSPS) is 15.6. The molecule has 0 bridgehead atoms. The summed E-state index contributed by atoms with van der Waals surface area (Å²) in [5.41, 5.74) is 1.96. The molecule has 1 aromatic carbocycles. The molecular weight excluding hydrogens is 451 g/mol. The monoisotopic (exact) mass is 474 g/mol. The summed E-state index contributed by atoms with van der Waals surface area (Å²) in [6.07, 6.45) is -0.0406. The Labute approximate surface area is 195 Å². The van der Waals surface area contributed by atoms with E-state index in [2.05, 4.69) is 10.2 Å². The Kier molecular flexibility index (Phi) is 5.71. The highest BCUT2D eigenvalue weighted by molar-refractivity contribution is 7.15. The van der Waals surface area contributed by atoms with Crippen LogP contribution in [0.1, 0.15) is 66.5 Å². The number of aryl methyl sites for hydroxylation is 2. The van der Waals surface area contributed by atoms with Gasteiger partial charge in [0.15, 0.2) is 5.82 Å². The van der Waals surface area contributed by atoms with Gasteiger partial charge in [-0.1, -0.05) is 11.6 Å². The van der Waals surface area contributed by atoms with Gasteiger partial charge in [-0.3, -0.25) is 14.4 Å². The second-order valence-corrected chi connectivity index (χ2v) is 10.5. The van der Waals surface area contributed by atoms with Crippen molar-refractivity contribution in [1.82, 2.24) is 14.8 Å². The number of carbonyl (C=O) groups is 1. The van der Waals surface area contributed by atoms with E-state index in [9.17, 15) is 4.79 Å². The van der Waals surface area contributed by atoms with Gasteiger partial charge in [-0.2, -0.15) is 0 Å². The van der Waals surface area contributed by atoms with Crippen LogP contribution in [0.25, 0.3) is 5.00 Å². The molecule has 168 valence electrons. The first-order valence-electron chi connectivity index (χ1n) is 10.2. The number of halogens is 2. The van der Waals surface area contributed by atoms with Crippen LogP contribution in [0.3, 0.4) is 0 Å². The smallest absolute Gasteiger partial charge is 0.308 e. The van der Waals surface area contributed by atoms with Gasteiger partial charge in [-0.15, -0.1) is 21.5 Å². The number of aliphatic imine (C=N–C) groups is 1. The highest BCUT2D eigenvalue weighted by Gasteiger charge is 2.34. The number of esters is 1. The van der Waals surface area contributed by atoms with Gasteiger partial charge >= 0.3 is 5.97 Å². The number of ether oxygens (including phenoxy) is 1. The van der Waals surface area contributed by atoms with Gasteiger partial charge in [0.1, 0.15) is 28.3 Å². The van der Waals surface area contributed by atoms with Crippen molar-refractivity contribution >= 4 is 34.6 Å². The molecule has 1 atom stereocenters. The number of hydrogen-bond acceptors (Lipinski definition) is 6. The van der Waals surface area contributed by atoms with Crippen molar-refractivity contribution in [3.05, 3.63) is 62.3 Å². The fourth-order valence-electron chi connectivity index (χ4n) is 3.73. The largest absolute Gasteiger partial charge is 0.460 e. The summed E-state index contributed by atoms with van der Waals surface area (Å²) in [4.78, 5) is 18.7. The molecule has 1 aliphatic rings. The van der Waals surface area contributed by atoms with Crippen LogP contribution in [0.4, 0.5) is 4.39 Å². The first kappa shape index (κ1) is 22.6. The third-order valence-electron chi connectivity index (χ3n) is 5.21. The van der Waals surface area contributed by atoms with Crippen molar-refractivity contribution in [3.63, 3.8) is 0 Å². The molecule has 2 aromatic heterocycles. The van der Waals surface area contributed by atoms with E-state index in [0.29, 0.717) is 27.9 Å². The number of benzene rings is 1. The molecule has 4 rings (SSSR count). The third-order valence-corrected chi connectivity index (χ3v) is 6.63. The molecule has 0 radical (unpaired) electrons. The number of hydrogen-bond donors (Lipinski definition) is 0. The maximum Gasteiger partial charge on any atom is 0.308 e. The predicted octanol–water partition coefficient (Wildman–Crippen LogP) is 5.67. The Morgan fingerprint density at radius 3 is 2.62 bits per heavy atom. The molecule has 0 N–H and O–H groups in total. The number of carbonyl (C=O) groups excluding carboxylic acids is 1. The quantitative estimate of drug-likeness (QED) is 0.458. The summed E-state index contributed by atoms with van der Waals surface area (Å²) < 4.78 is 22.5. The number of thiophene rings is 1. The molecule has 0 saturated carbocycles. The van der Waals surface area contributed by atoms with Gasteiger partial charge in [0, 0.05) is 21.0 Å². The molecule has 0 unspecified atom stereocenters. The van der Waals surface area contributed by atoms with Gasteiger partial charge in [0.05, 0.1) is 12.1 Å². The summed E-state index contributed by atoms with van der Waals surface area (Å²) >= 11 is 7.57. The Hall–Kier alpha value is -2.58. The average Bonchev–Trinajstić information content (AvgIpc) is 3.13. The zero-order chi connectivity index (χ0) is 23.4. The van der Waals surface area contributed by atoms with E-state index >= 15 is 4.39 Å². The van der Waals surface area contributed by atoms with E-state index < -0.39 is 23.4 Å². The van der Waals surface area contributed by atoms with Crippen LogP contribution in [0.2, 0.25) is 5.02 Å². The Balaban J connectivity index is 1.95. The van der Waals surface area contributed by atoms with Gasteiger partial charge in [-0.05, 0) is 65.3 Å². The van der Waals surface area contributed by atoms with Crippen LogP contribution in [0, 0.1) is 26.6 Å². The standard InChI is InChI=1S/C23H24ClFN4O2S/c1-11-12(2)32-22-19(11)20(15-8-7-14(24)9-16(15)25)26-17(10-18(30)31-23(4,5)6)21-28-27-13(3)29(21)22/h7-9,17H,10H2,1-6H3/t17-/m1/s1. The minimum absolute atomic E-state index is 0.0406. The Morgan fingerprint density at radius 1 is 1.25 bits per heavy atom. The molecule has 0 fully saturated rings. The van der Waals surface area contributed by atoms with Crippen molar-refractivity contribution in [1.29, 1.82) is 0 Å². The van der Waals surface area contributed by atoms with E-state index in [0.717, 1.165) is 21.0 Å². The minimum atomic E-state index is -0.685. The highest BCUT2D eigenvalue weighted by atomic mass is 35.5. The van der Waals surface area contributed by atoms with E-state index in [1.807, 2.05) is 46.1 Å². The first-order valence-corrected chi connectivity index (χ1v) is 11.4. The van der Waals surface area contributed by atoms with Crippen LogP contribution < -0.4 is 0 Å². The molecule has 32 heavy (non-hydrogen) atoms. The third kappa shape index (κ3) is 4.09. The lowest BCUT2D eigenvalue weighted by molar-refractivity contribution is -0.155. The molecule has 3 heterocycles. The fraction of sp³-hybridized carbons (Fsp3) is 0.391. The van der Waals surface area contributed by atoms with Gasteiger partial charge in [0.25, 0.3) is 0 Å². The van der Waals surface area contributed by atoms with E-state index in [1.54, 1.807) is 23.5 Å². The van der Waals surface area contributed by atoms with Crippen LogP contribution in [0.5, 0.6) is 0 Å². The second kappa shape index (κ2) is 8.08. The lowest BCUT2D eigenvalue weighted by Crippen LogP contribution is -2.25. The van der Waals surface area contributed by atoms with Gasteiger partial charge < -0.3 is 4.74 Å². The first-order chi connectivity index (χ1) is 15.0. The molecule has 6 nitrogen and oxygen atoms in total. The van der Waals surface area contributed by atoms with Crippen molar-refractivity contribution in [3.8, 4) is 5.00 Å². The van der Waals surface area contributed by atoms with E-state index in [-0.39, 0.29) is 6.42 Å². The number of aromatic nitrogens is 3. The van der Waals surface area contributed by atoms with E-state index in [4.69, 9.17) is 21.3 Å². The van der Waals surface area contributed by atoms with Crippen LogP contribution >= 0.6 is 22.9 Å². The second-order valence-electron chi connectivity index (χ2n) is 8.81. The average molecular weight is 475 g/mol. The minimum Gasteiger partial charge on any atom is -0.460 e. The van der Waals surface area contributed by atoms with Crippen LogP contribution in [0.15, 0.2) is 23.2 Å². The van der Waals surface area contributed by atoms with Crippen molar-refractivity contribution < 1.29 is 13.9 Å². The van der Waals surface area contributed by atoms with Crippen LogP contribution in [-0.2, 0) is 9.53 Å². The summed E-state index contributed by atoms with van der Waals surface area (Å²) in [7, 11) is 0. The molecule has 0 amide bonds. The van der Waals surface area contributed by atoms with Crippen LogP contribution in [-0.4, -0.2) is 32.0 Å². The Bertz CT molecular complexity index is 1260. The molecular formula is C23H24ClFN4O2S. The van der Waals surface area contributed by atoms with Gasteiger partial charge in [-0.25, -0.2) is 4.39 Å². The predicted molar refractivity (Wildman–Crippen MR) is 124 cm³/mol. The topological polar surface area (TPSA) is 69.4 Å². The van der Waals surface area contributed by atoms with E-state index in [1.165, 1.54) is 6.07 Å². The Morgan fingerprint density at radius 2 is 1.97 bits per heavy atom. The molecule has 9 heteroatoms. The molecule has 0 spiro atoms. The zero-order valence-electron chi connectivity index (χ0n) is 18.8. The van der Waals surface area contributed by atoms with Crippen molar-refractivity contribution in [2.24, 2.45) is 4.99 Å². The fourth-order valence-corrected chi connectivity index (χ4v) is 5.11. The lowest BCUT2D eigenvalue weighted by Gasteiger charge is -2.21. The van der Waals surface area contributed by atoms with Gasteiger partial charge in [0.2, 0.25) is 0 Å². The summed E-state index contributed by atoms with van der Waals surface area (Å²) in [5.74, 6) is 0.313. The molecule has 0 saturated heterocycles. The van der Waals surface area contributed by atoms with Crippen molar-refractivity contribution in [2.75, 3.05) is 0 Å². The summed E-state index contributed by atoms with van der Waals surface area (Å²) in [6.45, 7) is 11.3. The maximum atomic E-state index is 15.1. The van der Waals surface area contributed by atoms with Crippen molar-refractivity contribution in [2.45, 2.75) is 59.6 Å². The maximum absolute atomic E-state index is 15.1. The zero-order valence-corrected chi connectivity index (χ0v) is 20.4.